The topological polar surface area (TPSA) is 32.3 Å². The Morgan fingerprint density at radius 2 is 1.95 bits per heavy atom. The number of rotatable bonds is 2. The maximum absolute atomic E-state index is 14.0. The van der Waals surface area contributed by atoms with Crippen molar-refractivity contribution in [3.05, 3.63) is 30.3 Å². The first-order valence-electron chi connectivity index (χ1n) is 8.15. The minimum absolute atomic E-state index is 0.274. The summed E-state index contributed by atoms with van der Waals surface area (Å²) < 4.78 is 14.0. The van der Waals surface area contributed by atoms with Crippen molar-refractivity contribution in [1.29, 1.82) is 0 Å². The Balaban J connectivity index is 1.69. The molecular formula is C17H21FN4. The summed E-state index contributed by atoms with van der Waals surface area (Å²) in [4.78, 5) is 13.5. The lowest BCUT2D eigenvalue weighted by Gasteiger charge is -2.31. The van der Waals surface area contributed by atoms with Crippen molar-refractivity contribution in [3.63, 3.8) is 0 Å². The lowest BCUT2D eigenvalue weighted by molar-refractivity contribution is 0.234. The van der Waals surface area contributed by atoms with Gasteiger partial charge in [-0.2, -0.15) is 0 Å². The average molecular weight is 300 g/mol. The minimum atomic E-state index is -0.274. The Morgan fingerprint density at radius 3 is 2.77 bits per heavy atom. The third-order valence-corrected chi connectivity index (χ3v) is 5.19. The number of anilines is 1. The third kappa shape index (κ3) is 2.15. The lowest BCUT2D eigenvalue weighted by Crippen LogP contribution is -2.42. The fraction of sp³-hybridized carbons (Fsp3) is 0.529. The monoisotopic (exact) mass is 300 g/mol. The van der Waals surface area contributed by atoms with E-state index >= 15 is 0 Å². The highest BCUT2D eigenvalue weighted by Crippen LogP contribution is 2.33. The van der Waals surface area contributed by atoms with Crippen molar-refractivity contribution >= 4 is 16.7 Å². The van der Waals surface area contributed by atoms with Crippen molar-refractivity contribution in [3.8, 4) is 0 Å². The van der Waals surface area contributed by atoms with Crippen molar-refractivity contribution < 1.29 is 4.39 Å². The van der Waals surface area contributed by atoms with Crippen LogP contribution >= 0.6 is 0 Å². The van der Waals surface area contributed by atoms with E-state index in [0.29, 0.717) is 17.6 Å². The molecule has 2 aliphatic rings. The van der Waals surface area contributed by atoms with Gasteiger partial charge in [0.05, 0.1) is 0 Å². The summed E-state index contributed by atoms with van der Waals surface area (Å²) in [6.07, 6.45) is 5.26. The summed E-state index contributed by atoms with van der Waals surface area (Å²) in [6, 6.07) is 6.10. The van der Waals surface area contributed by atoms with E-state index < -0.39 is 0 Å². The van der Waals surface area contributed by atoms with Gasteiger partial charge in [-0.1, -0.05) is 6.07 Å². The first-order valence-corrected chi connectivity index (χ1v) is 8.15. The largest absolute Gasteiger partial charge is 0.352 e. The third-order valence-electron chi connectivity index (χ3n) is 5.19. The molecule has 22 heavy (non-hydrogen) atoms. The summed E-state index contributed by atoms with van der Waals surface area (Å²) >= 11 is 0. The second kappa shape index (κ2) is 5.47. The molecule has 3 heterocycles. The fourth-order valence-electron chi connectivity index (χ4n) is 4.05. The van der Waals surface area contributed by atoms with Gasteiger partial charge in [0.1, 0.15) is 23.5 Å². The van der Waals surface area contributed by atoms with Gasteiger partial charge in [0, 0.05) is 24.0 Å². The van der Waals surface area contributed by atoms with Gasteiger partial charge >= 0.3 is 0 Å². The molecule has 2 fully saturated rings. The average Bonchev–Trinajstić information content (AvgIpc) is 3.17. The number of halogens is 1. The number of aromatic nitrogens is 2. The number of benzene rings is 1. The Labute approximate surface area is 130 Å². The summed E-state index contributed by atoms with van der Waals surface area (Å²) in [6.45, 7) is 5.66. The number of fused-ring (bicyclic) bond motifs is 1. The molecule has 0 bridgehead atoms. The first-order chi connectivity index (χ1) is 10.8. The van der Waals surface area contributed by atoms with Gasteiger partial charge in [0.25, 0.3) is 0 Å². The van der Waals surface area contributed by atoms with Crippen LogP contribution in [-0.2, 0) is 0 Å². The number of likely N-dealkylation sites (tertiary alicyclic amines) is 1. The molecular weight excluding hydrogens is 279 g/mol. The predicted octanol–water partition coefficient (Wildman–Crippen LogP) is 2.83. The van der Waals surface area contributed by atoms with E-state index in [-0.39, 0.29) is 5.82 Å². The minimum Gasteiger partial charge on any atom is -0.352 e. The van der Waals surface area contributed by atoms with Crippen LogP contribution in [0.25, 0.3) is 10.9 Å². The summed E-state index contributed by atoms with van der Waals surface area (Å²) in [7, 11) is 0. The normalized spacial score (nSPS) is 26.2. The zero-order valence-corrected chi connectivity index (χ0v) is 12.9. The van der Waals surface area contributed by atoms with Crippen LogP contribution in [0.2, 0.25) is 0 Å². The Bertz CT molecular complexity index is 683. The highest BCUT2D eigenvalue weighted by molar-refractivity contribution is 5.89. The maximum atomic E-state index is 14.0. The quantitative estimate of drug-likeness (QED) is 0.854. The van der Waals surface area contributed by atoms with E-state index in [0.717, 1.165) is 24.2 Å². The summed E-state index contributed by atoms with van der Waals surface area (Å²) in [5, 5.41) is 0.816. The van der Waals surface area contributed by atoms with Crippen LogP contribution in [0, 0.1) is 5.82 Å². The second-order valence-electron chi connectivity index (χ2n) is 6.37. The highest BCUT2D eigenvalue weighted by atomic mass is 19.1. The fourth-order valence-corrected chi connectivity index (χ4v) is 4.05. The molecule has 2 saturated heterocycles. The molecule has 2 aliphatic heterocycles. The van der Waals surface area contributed by atoms with Crippen LogP contribution in [0.15, 0.2) is 24.5 Å². The van der Waals surface area contributed by atoms with Gasteiger partial charge in [-0.05, 0) is 51.4 Å². The molecule has 116 valence electrons. The number of nitrogens with zero attached hydrogens (tertiary/aromatic N) is 4. The molecule has 2 aromatic rings. The Hall–Kier alpha value is -1.75. The van der Waals surface area contributed by atoms with Gasteiger partial charge in [0.15, 0.2) is 0 Å². The molecule has 0 saturated carbocycles. The number of para-hydroxylation sites is 1. The molecule has 0 spiro atoms. The molecule has 0 radical (unpaired) electrons. The van der Waals surface area contributed by atoms with Gasteiger partial charge in [0.2, 0.25) is 0 Å². The lowest BCUT2D eigenvalue weighted by atomic mass is 10.1. The van der Waals surface area contributed by atoms with E-state index in [1.807, 2.05) is 6.07 Å². The van der Waals surface area contributed by atoms with E-state index in [1.54, 1.807) is 6.07 Å². The van der Waals surface area contributed by atoms with E-state index in [1.165, 1.54) is 38.3 Å². The van der Waals surface area contributed by atoms with Crippen molar-refractivity contribution in [2.24, 2.45) is 0 Å². The van der Waals surface area contributed by atoms with Crippen LogP contribution in [0.3, 0.4) is 0 Å². The standard InChI is InChI=1S/C17H21FN4/c1-12-15(21-8-2-3-9-21)7-10-22(12)17-13-5-4-6-14(18)16(13)19-11-20-17/h4-6,11-12,15H,2-3,7-10H2,1H3. The zero-order valence-electron chi connectivity index (χ0n) is 12.9. The van der Waals surface area contributed by atoms with Gasteiger partial charge < -0.3 is 4.90 Å². The van der Waals surface area contributed by atoms with E-state index in [4.69, 9.17) is 0 Å². The van der Waals surface area contributed by atoms with Crippen molar-refractivity contribution in [2.75, 3.05) is 24.5 Å². The molecule has 4 nitrogen and oxygen atoms in total. The summed E-state index contributed by atoms with van der Waals surface area (Å²) in [5.41, 5.74) is 0.421. The molecule has 0 N–H and O–H groups in total. The van der Waals surface area contributed by atoms with Crippen LogP contribution in [0.5, 0.6) is 0 Å². The molecule has 2 unspecified atom stereocenters. The van der Waals surface area contributed by atoms with E-state index in [9.17, 15) is 4.39 Å². The molecule has 1 aromatic heterocycles. The SMILES string of the molecule is CC1C(N2CCCC2)CCN1c1ncnc2c(F)cccc12. The Kier molecular flexibility index (Phi) is 3.45. The van der Waals surface area contributed by atoms with Crippen LogP contribution in [-0.4, -0.2) is 46.6 Å². The smallest absolute Gasteiger partial charge is 0.149 e. The second-order valence-corrected chi connectivity index (χ2v) is 6.37. The highest BCUT2D eigenvalue weighted by Gasteiger charge is 2.36. The molecule has 0 aliphatic carbocycles. The molecule has 4 rings (SSSR count). The van der Waals surface area contributed by atoms with Crippen LogP contribution in [0.1, 0.15) is 26.2 Å². The number of hydrogen-bond donors (Lipinski definition) is 0. The van der Waals surface area contributed by atoms with Crippen molar-refractivity contribution in [2.45, 2.75) is 38.3 Å². The van der Waals surface area contributed by atoms with Crippen LogP contribution in [0.4, 0.5) is 10.2 Å². The zero-order chi connectivity index (χ0) is 15.1. The molecule has 2 atom stereocenters. The van der Waals surface area contributed by atoms with Crippen molar-refractivity contribution in [1.82, 2.24) is 14.9 Å². The number of hydrogen-bond acceptors (Lipinski definition) is 4. The molecule has 5 heteroatoms. The maximum Gasteiger partial charge on any atom is 0.149 e. The van der Waals surface area contributed by atoms with Gasteiger partial charge in [-0.25, -0.2) is 14.4 Å². The summed E-state index contributed by atoms with van der Waals surface area (Å²) in [5.74, 6) is 0.600. The Morgan fingerprint density at radius 1 is 1.14 bits per heavy atom. The van der Waals surface area contributed by atoms with Crippen LogP contribution < -0.4 is 4.90 Å². The van der Waals surface area contributed by atoms with E-state index in [2.05, 4.69) is 26.7 Å². The molecule has 1 aromatic carbocycles. The first kappa shape index (κ1) is 13.9. The molecule has 0 amide bonds. The predicted molar refractivity (Wildman–Crippen MR) is 85.5 cm³/mol. The van der Waals surface area contributed by atoms with Gasteiger partial charge in [-0.15, -0.1) is 0 Å². The van der Waals surface area contributed by atoms with Gasteiger partial charge in [-0.3, -0.25) is 4.90 Å².